The van der Waals surface area contributed by atoms with Crippen molar-refractivity contribution in [1.29, 1.82) is 5.26 Å². The summed E-state index contributed by atoms with van der Waals surface area (Å²) < 4.78 is 7.08. The predicted octanol–water partition coefficient (Wildman–Crippen LogP) is 3.11. The Morgan fingerprint density at radius 2 is 2.11 bits per heavy atom. The molecule has 2 fully saturated rings. The standard InChI is InChI=1S/C26H26ClN9O2/c1-38-22-11-17(10-21(27)33-22)25(37)34-8-3-19(4-9-34)35-14-26(15-35,5-6-28)36-13-18(12-32-36)23-20-2-7-29-24(20)31-16-30-23/h2,7,10-13,16,19H,3-5,8-9,14-15H2,1H3,(H,29,30,31). The Kier molecular flexibility index (Phi) is 6.21. The number of carbonyl (C=O) groups excluding carboxylic acids is 1. The van der Waals surface area contributed by atoms with Crippen molar-refractivity contribution in [3.63, 3.8) is 0 Å². The number of hydrogen-bond acceptors (Lipinski definition) is 8. The Labute approximate surface area is 224 Å². The fraction of sp³-hybridized carbons (Fsp3) is 0.385. The first-order valence-corrected chi connectivity index (χ1v) is 12.8. The molecule has 0 aliphatic carbocycles. The van der Waals surface area contributed by atoms with E-state index in [0.717, 1.165) is 48.2 Å². The molecule has 11 nitrogen and oxygen atoms in total. The third-order valence-corrected chi connectivity index (χ3v) is 7.79. The minimum Gasteiger partial charge on any atom is -0.481 e. The van der Waals surface area contributed by atoms with Crippen LogP contribution in [0.25, 0.3) is 22.3 Å². The maximum Gasteiger partial charge on any atom is 0.254 e. The molecule has 1 N–H and O–H groups in total. The molecule has 0 aromatic carbocycles. The van der Waals surface area contributed by atoms with Crippen LogP contribution in [-0.4, -0.2) is 84.8 Å². The number of methoxy groups -OCH3 is 1. The SMILES string of the molecule is COc1cc(C(=O)N2CCC(N3CC(CC#N)(n4cc(-c5ncnc6[nH]ccc56)cn4)C3)CC2)cc(Cl)n1. The largest absolute Gasteiger partial charge is 0.481 e. The number of aromatic amines is 1. The lowest BCUT2D eigenvalue weighted by atomic mass is 9.83. The molecule has 2 aliphatic heterocycles. The first-order valence-electron chi connectivity index (χ1n) is 12.5. The van der Waals surface area contributed by atoms with Crippen LogP contribution in [0.15, 0.2) is 43.1 Å². The molecule has 6 rings (SSSR count). The van der Waals surface area contributed by atoms with Crippen molar-refractivity contribution in [2.75, 3.05) is 33.3 Å². The van der Waals surface area contributed by atoms with Gasteiger partial charge in [-0.2, -0.15) is 10.4 Å². The van der Waals surface area contributed by atoms with Crippen LogP contribution in [0, 0.1) is 11.3 Å². The zero-order valence-corrected chi connectivity index (χ0v) is 21.6. The minimum atomic E-state index is -0.380. The van der Waals surface area contributed by atoms with Crippen molar-refractivity contribution in [3.05, 3.63) is 53.8 Å². The molecule has 194 valence electrons. The molecule has 0 unspecified atom stereocenters. The lowest BCUT2D eigenvalue weighted by Crippen LogP contribution is -2.66. The number of carbonyl (C=O) groups is 1. The number of hydrogen-bond donors (Lipinski definition) is 1. The van der Waals surface area contributed by atoms with Crippen molar-refractivity contribution in [1.82, 2.24) is 39.5 Å². The molecule has 6 heterocycles. The van der Waals surface area contributed by atoms with Gasteiger partial charge in [0.15, 0.2) is 0 Å². The van der Waals surface area contributed by atoms with E-state index in [0.29, 0.717) is 37.0 Å². The van der Waals surface area contributed by atoms with Gasteiger partial charge in [-0.25, -0.2) is 15.0 Å². The van der Waals surface area contributed by atoms with E-state index >= 15 is 0 Å². The number of pyridine rings is 1. The molecule has 0 saturated carbocycles. The monoisotopic (exact) mass is 531 g/mol. The van der Waals surface area contributed by atoms with Gasteiger partial charge in [0.25, 0.3) is 5.91 Å². The lowest BCUT2D eigenvalue weighted by molar-refractivity contribution is -0.0412. The van der Waals surface area contributed by atoms with Gasteiger partial charge in [0.1, 0.15) is 22.7 Å². The van der Waals surface area contributed by atoms with Crippen LogP contribution in [0.2, 0.25) is 5.15 Å². The zero-order valence-electron chi connectivity index (χ0n) is 20.8. The highest BCUT2D eigenvalue weighted by Crippen LogP contribution is 2.37. The Hall–Kier alpha value is -4.01. The zero-order chi connectivity index (χ0) is 26.3. The molecule has 0 radical (unpaired) electrons. The number of piperidine rings is 1. The molecule has 38 heavy (non-hydrogen) atoms. The van der Waals surface area contributed by atoms with Gasteiger partial charge in [-0.3, -0.25) is 14.4 Å². The number of rotatable bonds is 6. The number of halogens is 1. The highest BCUT2D eigenvalue weighted by molar-refractivity contribution is 6.29. The fourth-order valence-electron chi connectivity index (χ4n) is 5.58. The number of nitrogens with zero attached hydrogens (tertiary/aromatic N) is 8. The van der Waals surface area contributed by atoms with E-state index in [2.05, 4.69) is 36.0 Å². The number of nitrogens with one attached hydrogen (secondary N) is 1. The predicted molar refractivity (Wildman–Crippen MR) is 140 cm³/mol. The second-order valence-electron chi connectivity index (χ2n) is 9.84. The summed E-state index contributed by atoms with van der Waals surface area (Å²) in [6.45, 7) is 2.78. The van der Waals surface area contributed by atoms with Gasteiger partial charge in [0, 0.05) is 67.2 Å². The van der Waals surface area contributed by atoms with Gasteiger partial charge < -0.3 is 14.6 Å². The summed E-state index contributed by atoms with van der Waals surface area (Å²) in [7, 11) is 1.50. The minimum absolute atomic E-state index is 0.0705. The summed E-state index contributed by atoms with van der Waals surface area (Å²) in [5.41, 5.74) is 2.59. The molecule has 2 saturated heterocycles. The Balaban J connectivity index is 1.12. The smallest absolute Gasteiger partial charge is 0.254 e. The maximum absolute atomic E-state index is 13.0. The molecule has 4 aromatic rings. The van der Waals surface area contributed by atoms with Gasteiger partial charge in [0.2, 0.25) is 5.88 Å². The second-order valence-corrected chi connectivity index (χ2v) is 10.2. The van der Waals surface area contributed by atoms with E-state index in [1.807, 2.05) is 28.0 Å². The van der Waals surface area contributed by atoms with Crippen molar-refractivity contribution < 1.29 is 9.53 Å². The van der Waals surface area contributed by atoms with Crippen molar-refractivity contribution in [2.24, 2.45) is 0 Å². The van der Waals surface area contributed by atoms with Crippen LogP contribution in [0.4, 0.5) is 0 Å². The van der Waals surface area contributed by atoms with Crippen LogP contribution < -0.4 is 4.74 Å². The van der Waals surface area contributed by atoms with Crippen LogP contribution >= 0.6 is 11.6 Å². The Bertz CT molecular complexity index is 1530. The molecule has 12 heteroatoms. The average Bonchev–Trinajstić information content (AvgIpc) is 3.60. The van der Waals surface area contributed by atoms with Crippen LogP contribution in [-0.2, 0) is 5.54 Å². The number of aromatic nitrogens is 6. The number of fused-ring (bicyclic) bond motifs is 1. The van der Waals surface area contributed by atoms with E-state index in [1.54, 1.807) is 24.7 Å². The summed E-state index contributed by atoms with van der Waals surface area (Å²) in [5.74, 6) is 0.253. The van der Waals surface area contributed by atoms with Crippen molar-refractivity contribution >= 4 is 28.5 Å². The first kappa shape index (κ1) is 24.3. The summed E-state index contributed by atoms with van der Waals surface area (Å²) >= 11 is 6.06. The fourth-order valence-corrected chi connectivity index (χ4v) is 5.78. The molecule has 0 atom stereocenters. The van der Waals surface area contributed by atoms with Gasteiger partial charge in [0.05, 0.1) is 31.5 Å². The summed E-state index contributed by atoms with van der Waals surface area (Å²) in [6.07, 6.45) is 9.27. The number of amides is 1. The van der Waals surface area contributed by atoms with Gasteiger partial charge in [-0.1, -0.05) is 11.6 Å². The lowest BCUT2D eigenvalue weighted by Gasteiger charge is -2.53. The van der Waals surface area contributed by atoms with E-state index in [1.165, 1.54) is 7.11 Å². The van der Waals surface area contributed by atoms with E-state index < -0.39 is 0 Å². The van der Waals surface area contributed by atoms with E-state index in [9.17, 15) is 10.1 Å². The van der Waals surface area contributed by atoms with Crippen molar-refractivity contribution in [2.45, 2.75) is 30.8 Å². The second kappa shape index (κ2) is 9.70. The molecule has 1 amide bonds. The third-order valence-electron chi connectivity index (χ3n) is 7.59. The quantitative estimate of drug-likeness (QED) is 0.376. The maximum atomic E-state index is 13.0. The molecular formula is C26H26ClN9O2. The number of ether oxygens (including phenoxy) is 1. The molecule has 0 spiro atoms. The Morgan fingerprint density at radius 1 is 1.29 bits per heavy atom. The Morgan fingerprint density at radius 3 is 2.87 bits per heavy atom. The number of likely N-dealkylation sites (tertiary alicyclic amines) is 2. The molecular weight excluding hydrogens is 506 g/mol. The summed E-state index contributed by atoms with van der Waals surface area (Å²) in [5, 5.41) is 15.4. The number of H-pyrrole nitrogens is 1. The van der Waals surface area contributed by atoms with Gasteiger partial charge >= 0.3 is 0 Å². The highest BCUT2D eigenvalue weighted by Gasteiger charge is 2.48. The molecule has 0 bridgehead atoms. The van der Waals surface area contributed by atoms with Gasteiger partial charge in [-0.15, -0.1) is 0 Å². The molecule has 2 aliphatic rings. The average molecular weight is 532 g/mol. The van der Waals surface area contributed by atoms with Crippen LogP contribution in [0.1, 0.15) is 29.6 Å². The van der Waals surface area contributed by atoms with Gasteiger partial charge in [-0.05, 0) is 25.0 Å². The summed E-state index contributed by atoms with van der Waals surface area (Å²) in [6, 6.07) is 7.85. The summed E-state index contributed by atoms with van der Waals surface area (Å²) in [4.78, 5) is 33.2. The third kappa shape index (κ3) is 4.25. The van der Waals surface area contributed by atoms with E-state index in [4.69, 9.17) is 16.3 Å². The first-order chi connectivity index (χ1) is 18.5. The topological polar surface area (TPSA) is 129 Å². The highest BCUT2D eigenvalue weighted by atomic mass is 35.5. The van der Waals surface area contributed by atoms with E-state index in [-0.39, 0.29) is 16.6 Å². The van der Waals surface area contributed by atoms with Crippen LogP contribution in [0.5, 0.6) is 5.88 Å². The molecule has 4 aromatic heterocycles. The number of nitriles is 1. The van der Waals surface area contributed by atoms with Crippen molar-refractivity contribution in [3.8, 4) is 23.2 Å². The van der Waals surface area contributed by atoms with Crippen LogP contribution in [0.3, 0.4) is 0 Å². The normalized spacial score (nSPS) is 17.8.